The third-order valence-corrected chi connectivity index (χ3v) is 8.82. The summed E-state index contributed by atoms with van der Waals surface area (Å²) in [6.07, 6.45) is 2.72. The first kappa shape index (κ1) is 31.3. The van der Waals surface area contributed by atoms with Gasteiger partial charge in [-0.15, -0.1) is 0 Å². The van der Waals surface area contributed by atoms with Crippen LogP contribution in [0.4, 0.5) is 10.1 Å². The number of rotatable bonds is 9. The normalized spacial score (nSPS) is 23.7. The molecule has 4 N–H and O–H groups in total. The first-order valence-electron chi connectivity index (χ1n) is 14.4. The highest BCUT2D eigenvalue weighted by Gasteiger charge is 2.42. The molecule has 3 amide bonds. The molecule has 4 atom stereocenters. The standard InChI is InChI=1S/C29H44FN5O6/c1-18-16-35(12-11-34(18)3)28(38)26(33-24(36)17-39-4)19(2)21-5-6-23(22(30)15-21)32-27(37)25(31)20-7-9-29(10-8-20)40-13-14-41-29/h5-6,15,18-20,25-26H,7-14,16-17,31H2,1-4H3,(H,32,37)(H,33,36)/t18-,19+,25?,26-/m1/s1. The summed E-state index contributed by atoms with van der Waals surface area (Å²) in [6, 6.07) is 2.88. The average Bonchev–Trinajstić information content (AvgIpc) is 3.41. The number of anilines is 1. The van der Waals surface area contributed by atoms with Crippen molar-refractivity contribution in [3.63, 3.8) is 0 Å². The number of amides is 3. The van der Waals surface area contributed by atoms with E-state index in [1.807, 2.05) is 14.0 Å². The molecule has 1 aromatic carbocycles. The molecule has 1 spiro atoms. The zero-order valence-electron chi connectivity index (χ0n) is 24.5. The maximum Gasteiger partial charge on any atom is 0.246 e. The number of nitrogens with zero attached hydrogens (tertiary/aromatic N) is 2. The molecule has 1 aliphatic carbocycles. The monoisotopic (exact) mass is 577 g/mol. The average molecular weight is 578 g/mol. The number of methoxy groups -OCH3 is 1. The number of halogens is 1. The van der Waals surface area contributed by atoms with Gasteiger partial charge in [0, 0.05) is 51.5 Å². The third-order valence-electron chi connectivity index (χ3n) is 8.82. The van der Waals surface area contributed by atoms with Crippen LogP contribution in [0, 0.1) is 11.7 Å². The molecule has 1 aromatic rings. The molecule has 0 aromatic heterocycles. The zero-order valence-corrected chi connectivity index (χ0v) is 24.5. The molecule has 1 unspecified atom stereocenters. The Balaban J connectivity index is 1.42. The van der Waals surface area contributed by atoms with E-state index in [0.29, 0.717) is 64.1 Å². The Labute approximate surface area is 241 Å². The summed E-state index contributed by atoms with van der Waals surface area (Å²) in [4.78, 5) is 42.9. The SMILES string of the molecule is COCC(=O)N[C@@H](C(=O)N1CCN(C)[C@H](C)C1)[C@@H](C)c1ccc(NC(=O)C(N)C2CCC3(CC2)OCCO3)c(F)c1. The second-order valence-corrected chi connectivity index (χ2v) is 11.6. The van der Waals surface area contributed by atoms with Gasteiger partial charge in [-0.2, -0.15) is 0 Å². The van der Waals surface area contributed by atoms with Crippen LogP contribution in [0.2, 0.25) is 0 Å². The topological polar surface area (TPSA) is 135 Å². The molecule has 1 saturated carbocycles. The van der Waals surface area contributed by atoms with E-state index in [9.17, 15) is 14.4 Å². The van der Waals surface area contributed by atoms with Gasteiger partial charge in [-0.25, -0.2) is 4.39 Å². The first-order valence-corrected chi connectivity index (χ1v) is 14.4. The van der Waals surface area contributed by atoms with Crippen LogP contribution in [0.15, 0.2) is 18.2 Å². The molecule has 12 heteroatoms. The van der Waals surface area contributed by atoms with Gasteiger partial charge < -0.3 is 40.4 Å². The van der Waals surface area contributed by atoms with E-state index in [1.54, 1.807) is 17.9 Å². The predicted octanol–water partition coefficient (Wildman–Crippen LogP) is 1.42. The number of nitrogens with two attached hydrogens (primary N) is 1. The van der Waals surface area contributed by atoms with Crippen molar-refractivity contribution in [2.45, 2.75) is 69.4 Å². The lowest BCUT2D eigenvalue weighted by atomic mass is 9.80. The van der Waals surface area contributed by atoms with E-state index in [1.165, 1.54) is 19.2 Å². The van der Waals surface area contributed by atoms with Crippen molar-refractivity contribution in [3.8, 4) is 0 Å². The van der Waals surface area contributed by atoms with Gasteiger partial charge in [0.25, 0.3) is 0 Å². The summed E-state index contributed by atoms with van der Waals surface area (Å²) >= 11 is 0. The summed E-state index contributed by atoms with van der Waals surface area (Å²) in [5.41, 5.74) is 6.80. The van der Waals surface area contributed by atoms with Crippen LogP contribution >= 0.6 is 0 Å². The Morgan fingerprint density at radius 1 is 1.20 bits per heavy atom. The van der Waals surface area contributed by atoms with Gasteiger partial charge in [-0.05, 0) is 50.4 Å². The van der Waals surface area contributed by atoms with Crippen molar-refractivity contribution in [3.05, 3.63) is 29.6 Å². The highest BCUT2D eigenvalue weighted by Crippen LogP contribution is 2.39. The summed E-state index contributed by atoms with van der Waals surface area (Å²) in [6.45, 7) is 6.55. The predicted molar refractivity (Wildman–Crippen MR) is 150 cm³/mol. The molecular formula is C29H44FN5O6. The molecule has 0 radical (unpaired) electrons. The molecule has 2 aliphatic heterocycles. The lowest BCUT2D eigenvalue weighted by Gasteiger charge is -2.40. The van der Waals surface area contributed by atoms with Gasteiger partial charge in [0.2, 0.25) is 17.7 Å². The number of carbonyl (C=O) groups is 3. The van der Waals surface area contributed by atoms with E-state index in [4.69, 9.17) is 19.9 Å². The zero-order chi connectivity index (χ0) is 29.7. The lowest BCUT2D eigenvalue weighted by molar-refractivity contribution is -0.183. The van der Waals surface area contributed by atoms with E-state index in [0.717, 1.165) is 0 Å². The third kappa shape index (κ3) is 7.42. The number of piperazine rings is 1. The Morgan fingerprint density at radius 2 is 1.88 bits per heavy atom. The molecule has 3 aliphatic rings. The van der Waals surface area contributed by atoms with Crippen LogP contribution in [-0.2, 0) is 28.6 Å². The number of hydrogen-bond donors (Lipinski definition) is 3. The summed E-state index contributed by atoms with van der Waals surface area (Å²) in [7, 11) is 3.41. The number of nitrogens with one attached hydrogen (secondary N) is 2. The van der Waals surface area contributed by atoms with E-state index < -0.39 is 41.4 Å². The van der Waals surface area contributed by atoms with Gasteiger partial charge in [0.1, 0.15) is 18.5 Å². The maximum absolute atomic E-state index is 15.3. The molecule has 3 fully saturated rings. The van der Waals surface area contributed by atoms with Crippen molar-refractivity contribution < 1.29 is 33.0 Å². The number of benzene rings is 1. The van der Waals surface area contributed by atoms with Crippen molar-refractivity contribution in [2.24, 2.45) is 11.7 Å². The van der Waals surface area contributed by atoms with Crippen LogP contribution in [0.25, 0.3) is 0 Å². The molecule has 0 bridgehead atoms. The largest absolute Gasteiger partial charge is 0.375 e. The second-order valence-electron chi connectivity index (χ2n) is 11.6. The van der Waals surface area contributed by atoms with Crippen molar-refractivity contribution in [2.75, 3.05) is 58.9 Å². The summed E-state index contributed by atoms with van der Waals surface area (Å²) in [5, 5.41) is 5.41. The molecule has 4 rings (SSSR count). The minimum Gasteiger partial charge on any atom is -0.375 e. The fourth-order valence-corrected chi connectivity index (χ4v) is 5.96. The Hall–Kier alpha value is -2.64. The highest BCUT2D eigenvalue weighted by atomic mass is 19.1. The summed E-state index contributed by atoms with van der Waals surface area (Å²) in [5.74, 6) is -2.91. The first-order chi connectivity index (χ1) is 19.5. The Kier molecular flexibility index (Phi) is 10.3. The smallest absolute Gasteiger partial charge is 0.246 e. The van der Waals surface area contributed by atoms with E-state index in [-0.39, 0.29) is 30.2 Å². The fraction of sp³-hybridized carbons (Fsp3) is 0.690. The second kappa shape index (κ2) is 13.6. The van der Waals surface area contributed by atoms with Gasteiger partial charge >= 0.3 is 0 Å². The Morgan fingerprint density at radius 3 is 2.49 bits per heavy atom. The highest BCUT2D eigenvalue weighted by molar-refractivity contribution is 5.95. The van der Waals surface area contributed by atoms with Crippen LogP contribution in [-0.4, -0.2) is 105 Å². The molecule has 11 nitrogen and oxygen atoms in total. The molecule has 2 saturated heterocycles. The van der Waals surface area contributed by atoms with Crippen molar-refractivity contribution in [1.82, 2.24) is 15.1 Å². The maximum atomic E-state index is 15.3. The fourth-order valence-electron chi connectivity index (χ4n) is 5.96. The molecular weight excluding hydrogens is 533 g/mol. The van der Waals surface area contributed by atoms with Crippen molar-refractivity contribution in [1.29, 1.82) is 0 Å². The molecule has 41 heavy (non-hydrogen) atoms. The van der Waals surface area contributed by atoms with Gasteiger partial charge in [0.15, 0.2) is 5.79 Å². The quantitative estimate of drug-likeness (QED) is 0.401. The van der Waals surface area contributed by atoms with Gasteiger partial charge in [-0.3, -0.25) is 14.4 Å². The number of hydrogen-bond acceptors (Lipinski definition) is 8. The van der Waals surface area contributed by atoms with Crippen LogP contribution < -0.4 is 16.4 Å². The number of likely N-dealkylation sites (N-methyl/N-ethyl adjacent to an activating group) is 1. The Bertz CT molecular complexity index is 1090. The van der Waals surface area contributed by atoms with Crippen LogP contribution in [0.5, 0.6) is 0 Å². The van der Waals surface area contributed by atoms with Crippen LogP contribution in [0.3, 0.4) is 0 Å². The minimum atomic E-state index is -0.913. The molecule has 228 valence electrons. The van der Waals surface area contributed by atoms with E-state index >= 15 is 4.39 Å². The number of ether oxygens (including phenoxy) is 3. The summed E-state index contributed by atoms with van der Waals surface area (Å²) < 4.78 is 31.7. The van der Waals surface area contributed by atoms with E-state index in [2.05, 4.69) is 15.5 Å². The van der Waals surface area contributed by atoms with Crippen molar-refractivity contribution >= 4 is 23.4 Å². The van der Waals surface area contributed by atoms with Gasteiger partial charge in [-0.1, -0.05) is 13.0 Å². The van der Waals surface area contributed by atoms with Crippen LogP contribution in [0.1, 0.15) is 51.0 Å². The molecule has 2 heterocycles. The number of carbonyl (C=O) groups excluding carboxylic acids is 3. The minimum absolute atomic E-state index is 0.00956. The van der Waals surface area contributed by atoms with Gasteiger partial charge in [0.05, 0.1) is 24.9 Å². The lowest BCUT2D eigenvalue weighted by Crippen LogP contribution is -2.58.